The van der Waals surface area contributed by atoms with E-state index in [1.54, 1.807) is 0 Å². The lowest BCUT2D eigenvalue weighted by Gasteiger charge is -2.28. The van der Waals surface area contributed by atoms with Crippen LogP contribution in [-0.4, -0.2) is 6.04 Å². The van der Waals surface area contributed by atoms with Gasteiger partial charge in [0.05, 0.1) is 10.7 Å². The van der Waals surface area contributed by atoms with Crippen LogP contribution in [0.1, 0.15) is 19.3 Å². The van der Waals surface area contributed by atoms with E-state index < -0.39 is 11.6 Å². The standard InChI is InChI=1S/C10H10ClF2N/c11-8-4-6(12)5-9(13)10(8)14-7-2-1-3-7/h4-5,7,14H,1-3H2. The zero-order chi connectivity index (χ0) is 10.1. The van der Waals surface area contributed by atoms with Gasteiger partial charge in [-0.1, -0.05) is 11.6 Å². The van der Waals surface area contributed by atoms with Gasteiger partial charge in [0.15, 0.2) is 5.82 Å². The van der Waals surface area contributed by atoms with Crippen LogP contribution in [0.15, 0.2) is 12.1 Å². The average Bonchev–Trinajstić information content (AvgIpc) is 1.98. The van der Waals surface area contributed by atoms with E-state index in [2.05, 4.69) is 5.32 Å². The Morgan fingerprint density at radius 3 is 2.50 bits per heavy atom. The number of rotatable bonds is 2. The number of halogens is 3. The fraction of sp³-hybridized carbons (Fsp3) is 0.400. The number of nitrogens with one attached hydrogen (secondary N) is 1. The molecule has 0 atom stereocenters. The van der Waals surface area contributed by atoms with Crippen molar-refractivity contribution in [2.24, 2.45) is 0 Å². The van der Waals surface area contributed by atoms with Crippen LogP contribution in [-0.2, 0) is 0 Å². The summed E-state index contributed by atoms with van der Waals surface area (Å²) in [6.45, 7) is 0. The topological polar surface area (TPSA) is 12.0 Å². The van der Waals surface area contributed by atoms with Crippen molar-refractivity contribution in [1.29, 1.82) is 0 Å². The van der Waals surface area contributed by atoms with Crippen LogP contribution in [0.3, 0.4) is 0 Å². The third-order valence-corrected chi connectivity index (χ3v) is 2.76. The first kappa shape index (κ1) is 9.71. The van der Waals surface area contributed by atoms with Crippen molar-refractivity contribution < 1.29 is 8.78 Å². The van der Waals surface area contributed by atoms with E-state index in [-0.39, 0.29) is 16.8 Å². The third kappa shape index (κ3) is 1.82. The second-order valence-electron chi connectivity index (χ2n) is 3.52. The fourth-order valence-electron chi connectivity index (χ4n) is 1.44. The van der Waals surface area contributed by atoms with Gasteiger partial charge < -0.3 is 5.32 Å². The summed E-state index contributed by atoms with van der Waals surface area (Å²) in [4.78, 5) is 0. The molecule has 1 nitrogen and oxygen atoms in total. The first-order chi connectivity index (χ1) is 6.66. The summed E-state index contributed by atoms with van der Waals surface area (Å²) in [7, 11) is 0. The third-order valence-electron chi connectivity index (χ3n) is 2.46. The van der Waals surface area contributed by atoms with Gasteiger partial charge in [-0.3, -0.25) is 0 Å². The second-order valence-corrected chi connectivity index (χ2v) is 3.92. The van der Waals surface area contributed by atoms with Crippen molar-refractivity contribution in [3.63, 3.8) is 0 Å². The van der Waals surface area contributed by atoms with Gasteiger partial charge in [-0.25, -0.2) is 8.78 Å². The van der Waals surface area contributed by atoms with E-state index >= 15 is 0 Å². The van der Waals surface area contributed by atoms with Crippen molar-refractivity contribution in [2.75, 3.05) is 5.32 Å². The first-order valence-electron chi connectivity index (χ1n) is 4.58. The quantitative estimate of drug-likeness (QED) is 0.799. The number of anilines is 1. The van der Waals surface area contributed by atoms with E-state index in [1.165, 1.54) is 0 Å². The summed E-state index contributed by atoms with van der Waals surface area (Å²) in [5.74, 6) is -1.27. The van der Waals surface area contributed by atoms with Crippen LogP contribution >= 0.6 is 11.6 Å². The lowest BCUT2D eigenvalue weighted by atomic mass is 9.93. The molecule has 2 rings (SSSR count). The summed E-state index contributed by atoms with van der Waals surface area (Å²) in [5, 5.41) is 3.07. The minimum atomic E-state index is -0.647. The minimum Gasteiger partial charge on any atom is -0.379 e. The molecule has 1 fully saturated rings. The molecule has 1 aromatic rings. The Bertz CT molecular complexity index is 327. The van der Waals surface area contributed by atoms with Gasteiger partial charge in [0, 0.05) is 12.1 Å². The lowest BCUT2D eigenvalue weighted by molar-refractivity contribution is 0.443. The predicted octanol–water partition coefficient (Wildman–Crippen LogP) is 3.58. The summed E-state index contributed by atoms with van der Waals surface area (Å²) in [5.41, 5.74) is 0.220. The van der Waals surface area contributed by atoms with Crippen molar-refractivity contribution in [3.05, 3.63) is 28.8 Å². The molecule has 0 radical (unpaired) electrons. The highest BCUT2D eigenvalue weighted by atomic mass is 35.5. The molecule has 1 saturated carbocycles. The highest BCUT2D eigenvalue weighted by Crippen LogP contribution is 2.30. The molecule has 0 aromatic heterocycles. The van der Waals surface area contributed by atoms with Crippen LogP contribution in [0.5, 0.6) is 0 Å². The van der Waals surface area contributed by atoms with E-state index in [0.717, 1.165) is 31.4 Å². The van der Waals surface area contributed by atoms with Crippen LogP contribution in [0, 0.1) is 11.6 Å². The van der Waals surface area contributed by atoms with Gasteiger partial charge in [0.2, 0.25) is 0 Å². The Morgan fingerprint density at radius 1 is 1.29 bits per heavy atom. The molecule has 0 amide bonds. The number of benzene rings is 1. The fourth-order valence-corrected chi connectivity index (χ4v) is 1.69. The van der Waals surface area contributed by atoms with Crippen molar-refractivity contribution >= 4 is 17.3 Å². The lowest BCUT2D eigenvalue weighted by Crippen LogP contribution is -2.27. The van der Waals surface area contributed by atoms with Gasteiger partial charge in [-0.15, -0.1) is 0 Å². The predicted molar refractivity (Wildman–Crippen MR) is 52.6 cm³/mol. The molecular formula is C10H10ClF2N. The molecule has 0 unspecified atom stereocenters. The Labute approximate surface area is 86.1 Å². The van der Waals surface area contributed by atoms with Gasteiger partial charge in [0.25, 0.3) is 0 Å². The minimum absolute atomic E-state index is 0.106. The summed E-state index contributed by atoms with van der Waals surface area (Å²) < 4.78 is 25.9. The van der Waals surface area contributed by atoms with E-state index in [9.17, 15) is 8.78 Å². The Kier molecular flexibility index (Phi) is 2.59. The van der Waals surface area contributed by atoms with Gasteiger partial charge >= 0.3 is 0 Å². The smallest absolute Gasteiger partial charge is 0.150 e. The zero-order valence-electron chi connectivity index (χ0n) is 7.49. The van der Waals surface area contributed by atoms with Gasteiger partial charge in [0.1, 0.15) is 5.82 Å². The number of hydrogen-bond donors (Lipinski definition) is 1. The number of hydrogen-bond acceptors (Lipinski definition) is 1. The highest BCUT2D eigenvalue weighted by Gasteiger charge is 2.20. The largest absolute Gasteiger partial charge is 0.379 e. The molecule has 76 valence electrons. The van der Waals surface area contributed by atoms with Crippen LogP contribution in [0.4, 0.5) is 14.5 Å². The van der Waals surface area contributed by atoms with Crippen molar-refractivity contribution in [2.45, 2.75) is 25.3 Å². The van der Waals surface area contributed by atoms with Crippen molar-refractivity contribution in [1.82, 2.24) is 0 Å². The summed E-state index contributed by atoms with van der Waals surface area (Å²) in [6.07, 6.45) is 3.19. The maximum atomic E-state index is 13.2. The molecule has 0 aliphatic heterocycles. The highest BCUT2D eigenvalue weighted by molar-refractivity contribution is 6.33. The molecule has 0 heterocycles. The molecule has 1 aliphatic carbocycles. The average molecular weight is 218 g/mol. The first-order valence-corrected chi connectivity index (χ1v) is 4.95. The van der Waals surface area contributed by atoms with Gasteiger partial charge in [-0.2, -0.15) is 0 Å². The van der Waals surface area contributed by atoms with Crippen LogP contribution < -0.4 is 5.32 Å². The van der Waals surface area contributed by atoms with E-state index in [4.69, 9.17) is 11.6 Å². The molecule has 1 aromatic carbocycles. The molecule has 0 saturated heterocycles. The van der Waals surface area contributed by atoms with E-state index in [1.807, 2.05) is 0 Å². The SMILES string of the molecule is Fc1cc(F)c(NC2CCC2)c(Cl)c1. The zero-order valence-corrected chi connectivity index (χ0v) is 8.24. The summed E-state index contributed by atoms with van der Waals surface area (Å²) in [6, 6.07) is 2.24. The molecule has 1 aliphatic rings. The van der Waals surface area contributed by atoms with Gasteiger partial charge in [-0.05, 0) is 25.3 Å². The molecule has 0 spiro atoms. The van der Waals surface area contributed by atoms with Crippen molar-refractivity contribution in [3.8, 4) is 0 Å². The second kappa shape index (κ2) is 3.73. The molecular weight excluding hydrogens is 208 g/mol. The Balaban J connectivity index is 2.22. The Hall–Kier alpha value is -0.830. The molecule has 4 heteroatoms. The summed E-state index contributed by atoms with van der Waals surface area (Å²) >= 11 is 5.72. The van der Waals surface area contributed by atoms with Crippen LogP contribution in [0.2, 0.25) is 5.02 Å². The molecule has 1 N–H and O–H groups in total. The van der Waals surface area contributed by atoms with Crippen LogP contribution in [0.25, 0.3) is 0 Å². The normalized spacial score (nSPS) is 16.5. The maximum Gasteiger partial charge on any atom is 0.150 e. The molecule has 0 bridgehead atoms. The monoisotopic (exact) mass is 217 g/mol. The van der Waals surface area contributed by atoms with E-state index in [0.29, 0.717) is 0 Å². The molecule has 14 heavy (non-hydrogen) atoms. The Morgan fingerprint density at radius 2 is 2.00 bits per heavy atom. The maximum absolute atomic E-state index is 13.2.